The third-order valence-electron chi connectivity index (χ3n) is 4.04. The molecule has 0 amide bonds. The molecule has 2 aromatic carbocycles. The van der Waals surface area contributed by atoms with Crippen molar-refractivity contribution in [3.05, 3.63) is 84.0 Å². The zero-order valence-electron chi connectivity index (χ0n) is 15.4. The van der Waals surface area contributed by atoms with Gasteiger partial charge in [-0.2, -0.15) is 0 Å². The van der Waals surface area contributed by atoms with Gasteiger partial charge in [-0.3, -0.25) is 4.57 Å². The van der Waals surface area contributed by atoms with Crippen molar-refractivity contribution in [1.29, 1.82) is 0 Å². The Morgan fingerprint density at radius 2 is 1.85 bits per heavy atom. The molecule has 0 spiro atoms. The number of nitrogens with zero attached hydrogens (tertiary/aromatic N) is 3. The number of rotatable bonds is 8. The van der Waals surface area contributed by atoms with E-state index in [2.05, 4.69) is 16.8 Å². The van der Waals surface area contributed by atoms with Crippen molar-refractivity contribution in [2.45, 2.75) is 37.4 Å². The highest BCUT2D eigenvalue weighted by Crippen LogP contribution is 2.26. The summed E-state index contributed by atoms with van der Waals surface area (Å²) in [4.78, 5) is 0. The molecule has 140 valence electrons. The highest BCUT2D eigenvalue weighted by molar-refractivity contribution is 7.98. The summed E-state index contributed by atoms with van der Waals surface area (Å²) in [6.07, 6.45) is 1.56. The molecule has 0 radical (unpaired) electrons. The number of thioether (sulfide) groups is 1. The third-order valence-corrected chi connectivity index (χ3v) is 5.07. The molecule has 4 nitrogen and oxygen atoms in total. The van der Waals surface area contributed by atoms with Gasteiger partial charge in [-0.1, -0.05) is 47.7 Å². The normalized spacial score (nSPS) is 12.0. The van der Waals surface area contributed by atoms with Crippen LogP contribution in [0.25, 0.3) is 0 Å². The van der Waals surface area contributed by atoms with E-state index in [0.29, 0.717) is 12.3 Å². The molecule has 1 atom stereocenters. The van der Waals surface area contributed by atoms with Crippen LogP contribution in [0.15, 0.2) is 66.3 Å². The van der Waals surface area contributed by atoms with E-state index < -0.39 is 0 Å². The van der Waals surface area contributed by atoms with Crippen LogP contribution >= 0.6 is 11.8 Å². The van der Waals surface area contributed by atoms with Crippen LogP contribution in [0.4, 0.5) is 4.39 Å². The summed E-state index contributed by atoms with van der Waals surface area (Å²) in [5, 5.41) is 9.44. The quantitative estimate of drug-likeness (QED) is 0.389. The molecule has 0 N–H and O–H groups in total. The number of benzene rings is 2. The van der Waals surface area contributed by atoms with Crippen LogP contribution in [0.5, 0.6) is 5.75 Å². The lowest BCUT2D eigenvalue weighted by Crippen LogP contribution is -2.12. The van der Waals surface area contributed by atoms with E-state index in [1.165, 1.54) is 17.7 Å². The number of allylic oxidation sites excluding steroid dienone is 1. The molecule has 27 heavy (non-hydrogen) atoms. The van der Waals surface area contributed by atoms with Gasteiger partial charge in [0.2, 0.25) is 0 Å². The summed E-state index contributed by atoms with van der Waals surface area (Å²) < 4.78 is 21.1. The summed E-state index contributed by atoms with van der Waals surface area (Å²) in [6.45, 7) is 8.42. The second-order valence-corrected chi connectivity index (χ2v) is 7.17. The molecule has 1 heterocycles. The lowest BCUT2D eigenvalue weighted by molar-refractivity contribution is 0.210. The lowest BCUT2D eigenvalue weighted by atomic mass is 10.2. The minimum Gasteiger partial charge on any atom is -0.483 e. The Balaban J connectivity index is 1.74. The number of hydrogen-bond donors (Lipinski definition) is 0. The van der Waals surface area contributed by atoms with Gasteiger partial charge in [0.05, 0.1) is 0 Å². The maximum atomic E-state index is 13.0. The monoisotopic (exact) mass is 383 g/mol. The number of aryl methyl sites for hydroxylation is 1. The van der Waals surface area contributed by atoms with E-state index in [1.54, 1.807) is 23.9 Å². The van der Waals surface area contributed by atoms with Gasteiger partial charge < -0.3 is 4.74 Å². The first-order valence-corrected chi connectivity index (χ1v) is 9.70. The van der Waals surface area contributed by atoms with Crippen molar-refractivity contribution in [2.75, 3.05) is 0 Å². The number of ether oxygens (including phenoxy) is 1. The van der Waals surface area contributed by atoms with E-state index in [-0.39, 0.29) is 11.9 Å². The predicted octanol–water partition coefficient (Wildman–Crippen LogP) is 5.34. The van der Waals surface area contributed by atoms with Crippen molar-refractivity contribution in [2.24, 2.45) is 0 Å². The lowest BCUT2D eigenvalue weighted by Gasteiger charge is -2.16. The first kappa shape index (κ1) is 19.2. The Bertz CT molecular complexity index is 891. The molecule has 0 aliphatic rings. The number of halogens is 1. The summed E-state index contributed by atoms with van der Waals surface area (Å²) in [7, 11) is 0. The molecule has 3 aromatic rings. The van der Waals surface area contributed by atoms with Crippen LogP contribution < -0.4 is 4.74 Å². The molecule has 0 aliphatic heterocycles. The molecule has 1 unspecified atom stereocenters. The Kier molecular flexibility index (Phi) is 6.29. The summed E-state index contributed by atoms with van der Waals surface area (Å²) in [5.41, 5.74) is 2.21. The van der Waals surface area contributed by atoms with Gasteiger partial charge in [-0.25, -0.2) is 4.39 Å². The van der Waals surface area contributed by atoms with Gasteiger partial charge in [0.25, 0.3) is 0 Å². The Labute approximate surface area is 163 Å². The van der Waals surface area contributed by atoms with Gasteiger partial charge in [0, 0.05) is 12.3 Å². The van der Waals surface area contributed by atoms with Gasteiger partial charge >= 0.3 is 0 Å². The van der Waals surface area contributed by atoms with Crippen LogP contribution in [-0.2, 0) is 12.3 Å². The van der Waals surface area contributed by atoms with Gasteiger partial charge in [-0.05, 0) is 43.7 Å². The first-order valence-electron chi connectivity index (χ1n) is 8.71. The van der Waals surface area contributed by atoms with Crippen LogP contribution in [0.2, 0.25) is 0 Å². The van der Waals surface area contributed by atoms with Crippen molar-refractivity contribution < 1.29 is 9.13 Å². The van der Waals surface area contributed by atoms with Crippen molar-refractivity contribution >= 4 is 11.8 Å². The second kappa shape index (κ2) is 8.86. The van der Waals surface area contributed by atoms with E-state index in [1.807, 2.05) is 48.8 Å². The molecule has 1 aromatic heterocycles. The zero-order valence-corrected chi connectivity index (χ0v) is 16.2. The van der Waals surface area contributed by atoms with Crippen LogP contribution in [0.1, 0.15) is 30.0 Å². The Morgan fingerprint density at radius 3 is 2.52 bits per heavy atom. The highest BCUT2D eigenvalue weighted by atomic mass is 32.2. The fraction of sp³-hybridized carbons (Fsp3) is 0.238. The van der Waals surface area contributed by atoms with Crippen LogP contribution in [0, 0.1) is 12.7 Å². The second-order valence-electron chi connectivity index (χ2n) is 6.23. The molecule has 0 aliphatic carbocycles. The fourth-order valence-electron chi connectivity index (χ4n) is 2.61. The summed E-state index contributed by atoms with van der Waals surface area (Å²) in [6, 6.07) is 14.4. The van der Waals surface area contributed by atoms with E-state index in [0.717, 1.165) is 22.3 Å². The average Bonchev–Trinajstić information content (AvgIpc) is 3.06. The summed E-state index contributed by atoms with van der Waals surface area (Å²) >= 11 is 1.56. The van der Waals surface area contributed by atoms with Gasteiger partial charge in [0.1, 0.15) is 11.6 Å². The first-order chi connectivity index (χ1) is 13.1. The molecule has 3 rings (SSSR count). The minimum absolute atomic E-state index is 0.233. The molecule has 0 bridgehead atoms. The van der Waals surface area contributed by atoms with Crippen molar-refractivity contribution in [3.63, 3.8) is 0 Å². The van der Waals surface area contributed by atoms with Crippen molar-refractivity contribution in [3.8, 4) is 5.75 Å². The maximum Gasteiger partial charge on any atom is 0.191 e. The number of hydrogen-bond acceptors (Lipinski definition) is 4. The SMILES string of the molecule is C=CCn1c(SCc2ccc(F)cc2)nnc1C(C)Oc1ccc(C)cc1. The standard InChI is InChI=1S/C21H22FN3OS/c1-4-13-25-20(16(3)26-19-11-5-15(2)6-12-19)23-24-21(25)27-14-17-7-9-18(22)10-8-17/h4-12,16H,1,13-14H2,2-3H3. The predicted molar refractivity (Wildman–Crippen MR) is 106 cm³/mol. The van der Waals surface area contributed by atoms with E-state index in [4.69, 9.17) is 4.74 Å². The Morgan fingerprint density at radius 1 is 1.15 bits per heavy atom. The molecule has 0 fully saturated rings. The fourth-order valence-corrected chi connectivity index (χ4v) is 3.52. The molecule has 6 heteroatoms. The average molecular weight is 383 g/mol. The molecular weight excluding hydrogens is 361 g/mol. The highest BCUT2D eigenvalue weighted by Gasteiger charge is 2.19. The molecule has 0 saturated carbocycles. The van der Waals surface area contributed by atoms with Gasteiger partial charge in [0.15, 0.2) is 17.1 Å². The maximum absolute atomic E-state index is 13.0. The van der Waals surface area contributed by atoms with E-state index in [9.17, 15) is 4.39 Å². The zero-order chi connectivity index (χ0) is 19.2. The summed E-state index contributed by atoms with van der Waals surface area (Å²) in [5.74, 6) is 1.99. The number of aromatic nitrogens is 3. The van der Waals surface area contributed by atoms with Crippen LogP contribution in [0.3, 0.4) is 0 Å². The molecular formula is C21H22FN3OS. The minimum atomic E-state index is -0.250. The van der Waals surface area contributed by atoms with Crippen molar-refractivity contribution in [1.82, 2.24) is 14.8 Å². The molecule has 0 saturated heterocycles. The Hall–Kier alpha value is -2.60. The van der Waals surface area contributed by atoms with E-state index >= 15 is 0 Å². The van der Waals surface area contributed by atoms with Crippen LogP contribution in [-0.4, -0.2) is 14.8 Å². The topological polar surface area (TPSA) is 39.9 Å². The smallest absolute Gasteiger partial charge is 0.191 e. The van der Waals surface area contributed by atoms with Gasteiger partial charge in [-0.15, -0.1) is 16.8 Å². The largest absolute Gasteiger partial charge is 0.483 e. The third kappa shape index (κ3) is 4.98.